The molecule has 17 heavy (non-hydrogen) atoms. The first-order valence-corrected chi connectivity index (χ1v) is 6.52. The Morgan fingerprint density at radius 3 is 2.53 bits per heavy atom. The SMILES string of the molecule is O=S(=O)(NC1CC(O)C1)c1cc(F)ccc1F. The molecular weight excluding hydrogens is 252 g/mol. The number of aliphatic hydroxyl groups excluding tert-OH is 1. The van der Waals surface area contributed by atoms with Gasteiger partial charge in [-0.05, 0) is 31.0 Å². The first kappa shape index (κ1) is 12.4. The fraction of sp³-hybridized carbons (Fsp3) is 0.400. The molecule has 1 aliphatic rings. The van der Waals surface area contributed by atoms with Crippen molar-refractivity contribution >= 4 is 10.0 Å². The molecule has 0 amide bonds. The normalized spacial score (nSPS) is 24.4. The van der Waals surface area contributed by atoms with Crippen molar-refractivity contribution < 1.29 is 22.3 Å². The predicted octanol–water partition coefficient (Wildman–Crippen LogP) is 0.766. The van der Waals surface area contributed by atoms with Gasteiger partial charge in [0.1, 0.15) is 16.5 Å². The van der Waals surface area contributed by atoms with Crippen LogP contribution in [0.15, 0.2) is 23.1 Å². The van der Waals surface area contributed by atoms with Crippen molar-refractivity contribution in [2.24, 2.45) is 0 Å². The smallest absolute Gasteiger partial charge is 0.243 e. The molecule has 1 aliphatic carbocycles. The van der Waals surface area contributed by atoms with E-state index in [1.807, 2.05) is 0 Å². The first-order chi connectivity index (χ1) is 7.88. The lowest BCUT2D eigenvalue weighted by Crippen LogP contribution is -2.46. The number of benzene rings is 1. The second kappa shape index (κ2) is 4.32. The fourth-order valence-corrected chi connectivity index (χ4v) is 3.00. The third kappa shape index (κ3) is 2.62. The van der Waals surface area contributed by atoms with Gasteiger partial charge in [-0.15, -0.1) is 0 Å². The second-order valence-electron chi connectivity index (χ2n) is 4.02. The Kier molecular flexibility index (Phi) is 3.15. The van der Waals surface area contributed by atoms with Gasteiger partial charge in [-0.2, -0.15) is 0 Å². The average Bonchev–Trinajstić information content (AvgIpc) is 2.19. The number of nitrogens with one attached hydrogen (secondary N) is 1. The molecule has 1 saturated carbocycles. The summed E-state index contributed by atoms with van der Waals surface area (Å²) in [6.45, 7) is 0. The second-order valence-corrected chi connectivity index (χ2v) is 5.70. The van der Waals surface area contributed by atoms with E-state index in [1.54, 1.807) is 0 Å². The molecule has 0 aromatic heterocycles. The van der Waals surface area contributed by atoms with Gasteiger partial charge in [-0.25, -0.2) is 21.9 Å². The van der Waals surface area contributed by atoms with Crippen LogP contribution in [0.1, 0.15) is 12.8 Å². The average molecular weight is 263 g/mol. The summed E-state index contributed by atoms with van der Waals surface area (Å²) >= 11 is 0. The Morgan fingerprint density at radius 2 is 1.94 bits per heavy atom. The van der Waals surface area contributed by atoms with Crippen molar-refractivity contribution in [2.75, 3.05) is 0 Å². The van der Waals surface area contributed by atoms with Gasteiger partial charge < -0.3 is 5.11 Å². The molecule has 0 spiro atoms. The van der Waals surface area contributed by atoms with Crippen molar-refractivity contribution in [1.29, 1.82) is 0 Å². The van der Waals surface area contributed by atoms with Crippen LogP contribution in [0.2, 0.25) is 0 Å². The minimum absolute atomic E-state index is 0.288. The summed E-state index contributed by atoms with van der Waals surface area (Å²) in [5.74, 6) is -1.82. The number of hydrogen-bond acceptors (Lipinski definition) is 3. The molecule has 94 valence electrons. The Balaban J connectivity index is 2.22. The number of sulfonamides is 1. The maximum Gasteiger partial charge on any atom is 0.243 e. The van der Waals surface area contributed by atoms with Gasteiger partial charge >= 0.3 is 0 Å². The highest BCUT2D eigenvalue weighted by Gasteiger charge is 2.32. The number of halogens is 2. The molecule has 0 radical (unpaired) electrons. The van der Waals surface area contributed by atoms with Crippen LogP contribution in [0.25, 0.3) is 0 Å². The molecule has 7 heteroatoms. The third-order valence-corrected chi connectivity index (χ3v) is 4.15. The summed E-state index contributed by atoms with van der Waals surface area (Å²) in [5, 5.41) is 9.02. The topological polar surface area (TPSA) is 66.4 Å². The molecule has 0 saturated heterocycles. The van der Waals surface area contributed by atoms with Gasteiger partial charge in [0.05, 0.1) is 6.10 Å². The Morgan fingerprint density at radius 1 is 1.29 bits per heavy atom. The molecule has 0 bridgehead atoms. The van der Waals surface area contributed by atoms with Crippen LogP contribution in [0.4, 0.5) is 8.78 Å². The molecule has 2 N–H and O–H groups in total. The summed E-state index contributed by atoms with van der Waals surface area (Å²) in [5.41, 5.74) is 0. The van der Waals surface area contributed by atoms with E-state index in [2.05, 4.69) is 4.72 Å². The van der Waals surface area contributed by atoms with Gasteiger partial charge in [0.25, 0.3) is 0 Å². The summed E-state index contributed by atoms with van der Waals surface area (Å²) in [6.07, 6.45) is 0.0480. The maximum atomic E-state index is 13.3. The Hall–Kier alpha value is -1.05. The number of hydrogen-bond donors (Lipinski definition) is 2. The molecule has 2 rings (SSSR count). The van der Waals surface area contributed by atoms with Crippen molar-refractivity contribution in [3.63, 3.8) is 0 Å². The van der Waals surface area contributed by atoms with E-state index in [-0.39, 0.29) is 12.8 Å². The van der Waals surface area contributed by atoms with Gasteiger partial charge in [0.2, 0.25) is 10.0 Å². The van der Waals surface area contributed by atoms with Crippen LogP contribution in [0, 0.1) is 11.6 Å². The van der Waals surface area contributed by atoms with Crippen LogP contribution in [0.5, 0.6) is 0 Å². The van der Waals surface area contributed by atoms with E-state index in [9.17, 15) is 17.2 Å². The molecular formula is C10H11F2NO3S. The van der Waals surface area contributed by atoms with Crippen LogP contribution < -0.4 is 4.72 Å². The molecule has 0 aliphatic heterocycles. The first-order valence-electron chi connectivity index (χ1n) is 5.04. The van der Waals surface area contributed by atoms with Gasteiger partial charge in [0, 0.05) is 6.04 Å². The number of aliphatic hydroxyl groups is 1. The summed E-state index contributed by atoms with van der Waals surface area (Å²) in [4.78, 5) is -0.709. The molecule has 4 nitrogen and oxygen atoms in total. The standard InChI is InChI=1S/C10H11F2NO3S/c11-6-1-2-9(12)10(3-6)17(15,16)13-7-4-8(14)5-7/h1-3,7-8,13-14H,4-5H2. The summed E-state index contributed by atoms with van der Waals surface area (Å²) in [6, 6.07) is 1.82. The Labute approximate surface area is 97.3 Å². The van der Waals surface area contributed by atoms with Crippen molar-refractivity contribution in [3.05, 3.63) is 29.8 Å². The van der Waals surface area contributed by atoms with Crippen LogP contribution in [-0.2, 0) is 10.0 Å². The van der Waals surface area contributed by atoms with E-state index >= 15 is 0 Å². The van der Waals surface area contributed by atoms with Crippen molar-refractivity contribution in [1.82, 2.24) is 4.72 Å². The third-order valence-electron chi connectivity index (χ3n) is 2.62. The minimum atomic E-state index is -4.07. The van der Waals surface area contributed by atoms with Crippen molar-refractivity contribution in [2.45, 2.75) is 29.9 Å². The predicted molar refractivity (Wildman–Crippen MR) is 55.7 cm³/mol. The lowest BCUT2D eigenvalue weighted by atomic mass is 9.91. The van der Waals surface area contributed by atoms with Crippen LogP contribution in [-0.4, -0.2) is 25.7 Å². The summed E-state index contributed by atoms with van der Waals surface area (Å²) in [7, 11) is -4.07. The minimum Gasteiger partial charge on any atom is -0.393 e. The van der Waals surface area contributed by atoms with E-state index in [1.165, 1.54) is 0 Å². The van der Waals surface area contributed by atoms with E-state index in [4.69, 9.17) is 5.11 Å². The van der Waals surface area contributed by atoms with Crippen molar-refractivity contribution in [3.8, 4) is 0 Å². The molecule has 1 aromatic carbocycles. The van der Waals surface area contributed by atoms with E-state index in [0.717, 1.165) is 12.1 Å². The summed E-state index contributed by atoms with van der Waals surface area (Å²) < 4.78 is 51.8. The lowest BCUT2D eigenvalue weighted by Gasteiger charge is -2.31. The van der Waals surface area contributed by atoms with Crippen LogP contribution in [0.3, 0.4) is 0 Å². The molecule has 1 aromatic rings. The van der Waals surface area contributed by atoms with E-state index in [0.29, 0.717) is 6.07 Å². The monoisotopic (exact) mass is 263 g/mol. The highest BCUT2D eigenvalue weighted by molar-refractivity contribution is 7.89. The van der Waals surface area contributed by atoms with Crippen LogP contribution >= 0.6 is 0 Å². The fourth-order valence-electron chi connectivity index (χ4n) is 1.65. The molecule has 0 unspecified atom stereocenters. The zero-order valence-corrected chi connectivity index (χ0v) is 9.55. The molecule has 0 atom stereocenters. The molecule has 1 fully saturated rings. The highest BCUT2D eigenvalue weighted by atomic mass is 32.2. The molecule has 0 heterocycles. The van der Waals surface area contributed by atoms with Gasteiger partial charge in [-0.3, -0.25) is 0 Å². The maximum absolute atomic E-state index is 13.3. The quantitative estimate of drug-likeness (QED) is 0.846. The zero-order valence-electron chi connectivity index (χ0n) is 8.73. The lowest BCUT2D eigenvalue weighted by molar-refractivity contribution is 0.0712. The Bertz CT molecular complexity index is 526. The number of rotatable bonds is 3. The highest BCUT2D eigenvalue weighted by Crippen LogP contribution is 2.23. The van der Waals surface area contributed by atoms with Gasteiger partial charge in [0.15, 0.2) is 0 Å². The zero-order chi connectivity index (χ0) is 12.6. The van der Waals surface area contributed by atoms with E-state index < -0.39 is 38.7 Å². The van der Waals surface area contributed by atoms with Gasteiger partial charge in [-0.1, -0.05) is 0 Å². The largest absolute Gasteiger partial charge is 0.393 e.